The highest BCUT2D eigenvalue weighted by Crippen LogP contribution is 2.16. The van der Waals surface area contributed by atoms with Crippen LogP contribution in [0.2, 0.25) is 0 Å². The summed E-state index contributed by atoms with van der Waals surface area (Å²) in [6.45, 7) is 1.79. The lowest BCUT2D eigenvalue weighted by atomic mass is 10.1. The van der Waals surface area contributed by atoms with E-state index in [4.69, 9.17) is 4.74 Å². The van der Waals surface area contributed by atoms with Gasteiger partial charge in [-0.3, -0.25) is 0 Å². The topological polar surface area (TPSA) is 102 Å². The second kappa shape index (κ2) is 7.11. The average Bonchev–Trinajstić information content (AvgIpc) is 2.86. The van der Waals surface area contributed by atoms with Gasteiger partial charge in [0.25, 0.3) is 0 Å². The van der Waals surface area contributed by atoms with E-state index in [1.165, 1.54) is 17.0 Å². The first kappa shape index (κ1) is 15.4. The molecule has 8 nitrogen and oxygen atoms in total. The van der Waals surface area contributed by atoms with Crippen molar-refractivity contribution in [2.24, 2.45) is 0 Å². The van der Waals surface area contributed by atoms with Crippen LogP contribution in [0.5, 0.6) is 0 Å². The Bertz CT molecular complexity index is 455. The summed E-state index contributed by atoms with van der Waals surface area (Å²) in [5, 5.41) is 23.9. The molecule has 0 saturated carbocycles. The molecule has 0 aromatic carbocycles. The summed E-state index contributed by atoms with van der Waals surface area (Å²) >= 11 is 3.57. The molecule has 1 aromatic rings. The summed E-state index contributed by atoms with van der Waals surface area (Å²) in [6, 6.07) is 0.135. The van der Waals surface area contributed by atoms with E-state index in [1.807, 2.05) is 0 Å². The number of imidazole rings is 1. The summed E-state index contributed by atoms with van der Waals surface area (Å²) in [5.74, 6) is -0.261. The normalized spacial score (nSPS) is 24.5. The molecule has 0 bridgehead atoms. The predicted molar refractivity (Wildman–Crippen MR) is 74.8 cm³/mol. The Balaban J connectivity index is 1.81. The average molecular weight is 349 g/mol. The third kappa shape index (κ3) is 3.98. The van der Waals surface area contributed by atoms with Gasteiger partial charge in [0.15, 0.2) is 0 Å². The van der Waals surface area contributed by atoms with Crippen LogP contribution in [0.1, 0.15) is 6.42 Å². The highest BCUT2D eigenvalue weighted by atomic mass is 79.9. The first-order chi connectivity index (χ1) is 9.58. The van der Waals surface area contributed by atoms with Crippen molar-refractivity contribution in [2.75, 3.05) is 19.8 Å². The Kier molecular flexibility index (Phi) is 5.46. The number of aliphatic hydroxyl groups is 1. The van der Waals surface area contributed by atoms with E-state index in [9.17, 15) is 15.2 Å². The standard InChI is InChI=1S/C11H17BrN4O4/c12-9-1-4-20-7-10(9)14-5-8(17)6-15-3-2-13-11(15)16(18)19/h2-3,8-10,14,17H,1,4-7H2/t8-,9-,10-/m1/s1. The number of aliphatic hydroxyl groups excluding tert-OH is 1. The Morgan fingerprint density at radius 3 is 3.25 bits per heavy atom. The van der Waals surface area contributed by atoms with E-state index >= 15 is 0 Å². The second-order valence-electron chi connectivity index (χ2n) is 4.68. The molecule has 0 radical (unpaired) electrons. The van der Waals surface area contributed by atoms with Gasteiger partial charge in [-0.15, -0.1) is 0 Å². The molecule has 1 aliphatic heterocycles. The van der Waals surface area contributed by atoms with E-state index in [-0.39, 0.29) is 18.5 Å². The van der Waals surface area contributed by atoms with Crippen molar-refractivity contribution in [1.82, 2.24) is 14.9 Å². The van der Waals surface area contributed by atoms with E-state index < -0.39 is 11.0 Å². The molecule has 1 fully saturated rings. The van der Waals surface area contributed by atoms with Crippen molar-refractivity contribution >= 4 is 21.9 Å². The maximum atomic E-state index is 10.7. The Morgan fingerprint density at radius 2 is 2.55 bits per heavy atom. The zero-order valence-corrected chi connectivity index (χ0v) is 12.4. The Labute approximate surface area is 124 Å². The maximum absolute atomic E-state index is 10.7. The second-order valence-corrected chi connectivity index (χ2v) is 5.86. The number of nitrogens with one attached hydrogen (secondary N) is 1. The molecule has 0 spiro atoms. The molecule has 1 aliphatic rings. The van der Waals surface area contributed by atoms with Crippen LogP contribution in [0, 0.1) is 10.1 Å². The van der Waals surface area contributed by atoms with Gasteiger partial charge in [0, 0.05) is 24.0 Å². The van der Waals surface area contributed by atoms with Crippen LogP contribution >= 0.6 is 15.9 Å². The summed E-state index contributed by atoms with van der Waals surface area (Å²) < 4.78 is 6.69. The molecule has 3 atom stereocenters. The van der Waals surface area contributed by atoms with Gasteiger partial charge in [-0.2, -0.15) is 0 Å². The number of aromatic nitrogens is 2. The minimum absolute atomic E-state index is 0.129. The maximum Gasteiger partial charge on any atom is 0.434 e. The van der Waals surface area contributed by atoms with E-state index in [1.54, 1.807) is 0 Å². The third-order valence-corrected chi connectivity index (χ3v) is 4.25. The lowest BCUT2D eigenvalue weighted by molar-refractivity contribution is -0.397. The van der Waals surface area contributed by atoms with Crippen LogP contribution in [0.15, 0.2) is 12.4 Å². The van der Waals surface area contributed by atoms with Crippen molar-refractivity contribution < 1.29 is 14.8 Å². The monoisotopic (exact) mass is 348 g/mol. The predicted octanol–water partition coefficient (Wildman–Crippen LogP) is 0.294. The molecule has 2 heterocycles. The molecule has 2 rings (SSSR count). The number of halogens is 1. The van der Waals surface area contributed by atoms with Crippen LogP contribution < -0.4 is 5.32 Å². The molecule has 9 heteroatoms. The van der Waals surface area contributed by atoms with Crippen molar-refractivity contribution in [3.63, 3.8) is 0 Å². The Hall–Kier alpha value is -1.03. The van der Waals surface area contributed by atoms with Crippen molar-refractivity contribution in [1.29, 1.82) is 0 Å². The molecule has 2 N–H and O–H groups in total. The van der Waals surface area contributed by atoms with Crippen LogP contribution in [-0.2, 0) is 11.3 Å². The number of ether oxygens (including phenoxy) is 1. The van der Waals surface area contributed by atoms with Crippen LogP contribution in [0.3, 0.4) is 0 Å². The molecule has 112 valence electrons. The fraction of sp³-hybridized carbons (Fsp3) is 0.727. The summed E-state index contributed by atoms with van der Waals surface area (Å²) in [6.07, 6.45) is 3.02. The van der Waals surface area contributed by atoms with Gasteiger partial charge in [-0.05, 0) is 11.3 Å². The zero-order chi connectivity index (χ0) is 14.5. The van der Waals surface area contributed by atoms with Crippen molar-refractivity contribution in [3.05, 3.63) is 22.5 Å². The minimum atomic E-state index is -0.732. The van der Waals surface area contributed by atoms with Gasteiger partial charge in [-0.25, -0.2) is 4.57 Å². The van der Waals surface area contributed by atoms with Crippen molar-refractivity contribution in [3.8, 4) is 0 Å². The molecule has 0 aliphatic carbocycles. The van der Waals surface area contributed by atoms with Gasteiger partial charge >= 0.3 is 5.95 Å². The first-order valence-electron chi connectivity index (χ1n) is 6.36. The lowest BCUT2D eigenvalue weighted by Crippen LogP contribution is -2.47. The van der Waals surface area contributed by atoms with Gasteiger partial charge < -0.3 is 25.3 Å². The van der Waals surface area contributed by atoms with Gasteiger partial charge in [-0.1, -0.05) is 20.9 Å². The fourth-order valence-electron chi connectivity index (χ4n) is 2.09. The van der Waals surface area contributed by atoms with E-state index in [0.29, 0.717) is 18.0 Å². The van der Waals surface area contributed by atoms with E-state index in [0.717, 1.165) is 13.0 Å². The molecular weight excluding hydrogens is 332 g/mol. The molecular formula is C11H17BrN4O4. The number of hydrogen-bond acceptors (Lipinski definition) is 6. The van der Waals surface area contributed by atoms with Crippen molar-refractivity contribution in [2.45, 2.75) is 29.9 Å². The lowest BCUT2D eigenvalue weighted by Gasteiger charge is -2.29. The number of rotatable bonds is 6. The summed E-state index contributed by atoms with van der Waals surface area (Å²) in [7, 11) is 0. The quantitative estimate of drug-likeness (QED) is 0.435. The van der Waals surface area contributed by atoms with Crippen LogP contribution in [0.25, 0.3) is 0 Å². The van der Waals surface area contributed by atoms with Gasteiger partial charge in [0.05, 0.1) is 19.3 Å². The molecule has 1 saturated heterocycles. The SMILES string of the molecule is O=[N+]([O-])c1nccn1C[C@H](O)CN[C@@H]1COCC[C@H]1Br. The van der Waals surface area contributed by atoms with Crippen LogP contribution in [-0.4, -0.2) is 56.3 Å². The zero-order valence-electron chi connectivity index (χ0n) is 10.8. The minimum Gasteiger partial charge on any atom is -0.390 e. The number of alkyl halides is 1. The largest absolute Gasteiger partial charge is 0.434 e. The number of nitro groups is 1. The summed E-state index contributed by atoms with van der Waals surface area (Å²) in [5.41, 5.74) is 0. The Morgan fingerprint density at radius 1 is 1.75 bits per heavy atom. The fourth-order valence-corrected chi connectivity index (χ4v) is 2.62. The molecule has 1 aromatic heterocycles. The number of hydrogen-bond donors (Lipinski definition) is 2. The highest BCUT2D eigenvalue weighted by Gasteiger charge is 2.24. The first-order valence-corrected chi connectivity index (χ1v) is 7.28. The molecule has 20 heavy (non-hydrogen) atoms. The van der Waals surface area contributed by atoms with Gasteiger partial charge in [0.1, 0.15) is 12.4 Å². The smallest absolute Gasteiger partial charge is 0.390 e. The molecule has 0 amide bonds. The molecule has 0 unspecified atom stereocenters. The van der Waals surface area contributed by atoms with Gasteiger partial charge in [0.2, 0.25) is 0 Å². The summed E-state index contributed by atoms with van der Waals surface area (Å²) in [4.78, 5) is 14.1. The van der Waals surface area contributed by atoms with Crippen LogP contribution in [0.4, 0.5) is 5.95 Å². The number of nitrogens with zero attached hydrogens (tertiary/aromatic N) is 3. The third-order valence-electron chi connectivity index (χ3n) is 3.15. The highest BCUT2D eigenvalue weighted by molar-refractivity contribution is 9.09. The van der Waals surface area contributed by atoms with E-state index in [2.05, 4.69) is 26.2 Å².